The van der Waals surface area contributed by atoms with E-state index in [4.69, 9.17) is 9.47 Å². The highest BCUT2D eigenvalue weighted by molar-refractivity contribution is 9.10. The molecule has 2 rings (SSSR count). The molecule has 0 atom stereocenters. The van der Waals surface area contributed by atoms with Gasteiger partial charge >= 0.3 is 0 Å². The van der Waals surface area contributed by atoms with Crippen molar-refractivity contribution >= 4 is 50.8 Å². The highest BCUT2D eigenvalue weighted by Gasteiger charge is 2.13. The van der Waals surface area contributed by atoms with E-state index in [9.17, 15) is 0 Å². The second kappa shape index (κ2) is 7.53. The number of methoxy groups -OCH3 is 2. The standard InChI is InChI=1S/C12H13BrN2O2S3/c1-16-8-5-4-7(9(13)10(8)17-2)6-19-12-15-14-11(18-3)20-12/h4-5H,6H2,1-3H3. The van der Waals surface area contributed by atoms with Crippen LogP contribution >= 0.6 is 50.8 Å². The molecule has 20 heavy (non-hydrogen) atoms. The third-order valence-corrected chi connectivity index (χ3v) is 6.43. The first-order chi connectivity index (χ1) is 9.69. The van der Waals surface area contributed by atoms with Gasteiger partial charge in [-0.05, 0) is 33.8 Å². The van der Waals surface area contributed by atoms with E-state index in [1.807, 2.05) is 18.4 Å². The summed E-state index contributed by atoms with van der Waals surface area (Å²) in [6.45, 7) is 0. The molecule has 0 amide bonds. The summed E-state index contributed by atoms with van der Waals surface area (Å²) in [7, 11) is 3.26. The second-order valence-corrected chi connectivity index (χ2v) is 7.65. The molecule has 0 fully saturated rings. The van der Waals surface area contributed by atoms with E-state index in [1.54, 1.807) is 49.1 Å². The first kappa shape index (κ1) is 15.9. The molecular formula is C12H13BrN2O2S3. The van der Waals surface area contributed by atoms with Crippen LogP contribution in [0.15, 0.2) is 25.3 Å². The topological polar surface area (TPSA) is 44.2 Å². The van der Waals surface area contributed by atoms with Crippen LogP contribution in [0.1, 0.15) is 5.56 Å². The van der Waals surface area contributed by atoms with Gasteiger partial charge in [-0.2, -0.15) is 0 Å². The van der Waals surface area contributed by atoms with Gasteiger partial charge in [0.1, 0.15) is 0 Å². The number of nitrogens with zero attached hydrogens (tertiary/aromatic N) is 2. The van der Waals surface area contributed by atoms with E-state index in [0.29, 0.717) is 11.5 Å². The number of thioether (sulfide) groups is 2. The van der Waals surface area contributed by atoms with Crippen molar-refractivity contribution in [2.24, 2.45) is 0 Å². The Morgan fingerprint density at radius 2 is 1.95 bits per heavy atom. The van der Waals surface area contributed by atoms with Gasteiger partial charge in [-0.15, -0.1) is 10.2 Å². The lowest BCUT2D eigenvalue weighted by molar-refractivity contribution is 0.353. The van der Waals surface area contributed by atoms with Gasteiger partial charge in [-0.1, -0.05) is 40.9 Å². The van der Waals surface area contributed by atoms with Crippen LogP contribution in [0.4, 0.5) is 0 Å². The Morgan fingerprint density at radius 1 is 1.20 bits per heavy atom. The molecule has 0 N–H and O–H groups in total. The summed E-state index contributed by atoms with van der Waals surface area (Å²) in [6, 6.07) is 3.93. The molecular weight excluding hydrogens is 380 g/mol. The van der Waals surface area contributed by atoms with Crippen LogP contribution in [0.5, 0.6) is 11.5 Å². The SMILES string of the molecule is COc1ccc(CSc2nnc(SC)s2)c(Br)c1OC. The first-order valence-corrected chi connectivity index (χ1v) is 9.41. The maximum Gasteiger partial charge on any atom is 0.175 e. The number of hydrogen-bond donors (Lipinski definition) is 0. The minimum absolute atomic E-state index is 0.715. The van der Waals surface area contributed by atoms with E-state index in [1.165, 1.54) is 0 Å². The van der Waals surface area contributed by atoms with Gasteiger partial charge in [0.25, 0.3) is 0 Å². The molecule has 108 valence electrons. The molecule has 2 aromatic rings. The van der Waals surface area contributed by atoms with Crippen molar-refractivity contribution in [3.8, 4) is 11.5 Å². The minimum atomic E-state index is 0.715. The smallest absolute Gasteiger partial charge is 0.175 e. The van der Waals surface area contributed by atoms with Gasteiger partial charge in [0.15, 0.2) is 20.2 Å². The molecule has 0 saturated heterocycles. The summed E-state index contributed by atoms with van der Waals surface area (Å²) in [5.74, 6) is 2.23. The molecule has 8 heteroatoms. The molecule has 0 radical (unpaired) electrons. The first-order valence-electron chi connectivity index (χ1n) is 5.59. The number of ether oxygens (including phenoxy) is 2. The van der Waals surface area contributed by atoms with Gasteiger partial charge in [0.2, 0.25) is 0 Å². The van der Waals surface area contributed by atoms with Crippen molar-refractivity contribution in [2.75, 3.05) is 20.5 Å². The second-order valence-electron chi connectivity index (χ2n) is 3.60. The summed E-state index contributed by atoms with van der Waals surface area (Å²) in [6.07, 6.45) is 2.00. The Labute approximate surface area is 138 Å². The van der Waals surface area contributed by atoms with Crippen molar-refractivity contribution in [2.45, 2.75) is 14.4 Å². The quantitative estimate of drug-likeness (QED) is 0.681. The molecule has 0 bridgehead atoms. The predicted molar refractivity (Wildman–Crippen MR) is 88.5 cm³/mol. The fourth-order valence-corrected chi connectivity index (χ4v) is 4.77. The van der Waals surface area contributed by atoms with Crippen molar-refractivity contribution in [1.29, 1.82) is 0 Å². The molecule has 0 spiro atoms. The van der Waals surface area contributed by atoms with E-state index >= 15 is 0 Å². The molecule has 0 aliphatic heterocycles. The van der Waals surface area contributed by atoms with E-state index in [-0.39, 0.29) is 0 Å². The Balaban J connectivity index is 2.13. The maximum atomic E-state index is 5.37. The maximum absolute atomic E-state index is 5.37. The number of rotatable bonds is 6. The molecule has 0 saturated carbocycles. The van der Waals surface area contributed by atoms with Crippen LogP contribution in [0.25, 0.3) is 0 Å². The van der Waals surface area contributed by atoms with Gasteiger partial charge < -0.3 is 9.47 Å². The fourth-order valence-electron chi connectivity index (χ4n) is 1.52. The Morgan fingerprint density at radius 3 is 2.55 bits per heavy atom. The van der Waals surface area contributed by atoms with Gasteiger partial charge in [-0.25, -0.2) is 0 Å². The van der Waals surface area contributed by atoms with Crippen molar-refractivity contribution < 1.29 is 9.47 Å². The summed E-state index contributed by atoms with van der Waals surface area (Å²) in [5, 5.41) is 8.23. The summed E-state index contributed by atoms with van der Waals surface area (Å²) in [5.41, 5.74) is 1.13. The lowest BCUT2D eigenvalue weighted by Gasteiger charge is -2.12. The van der Waals surface area contributed by atoms with Crippen LogP contribution < -0.4 is 9.47 Å². The van der Waals surface area contributed by atoms with Crippen LogP contribution in [0, 0.1) is 0 Å². The molecule has 4 nitrogen and oxygen atoms in total. The number of halogens is 1. The zero-order valence-electron chi connectivity index (χ0n) is 11.2. The van der Waals surface area contributed by atoms with E-state index in [0.717, 1.165) is 24.5 Å². The van der Waals surface area contributed by atoms with Crippen LogP contribution in [-0.4, -0.2) is 30.7 Å². The normalized spacial score (nSPS) is 10.6. The van der Waals surface area contributed by atoms with Crippen LogP contribution in [-0.2, 0) is 5.75 Å². The largest absolute Gasteiger partial charge is 0.493 e. The molecule has 1 heterocycles. The number of benzene rings is 1. The molecule has 1 aromatic heterocycles. The monoisotopic (exact) mass is 392 g/mol. The zero-order valence-corrected chi connectivity index (χ0v) is 15.2. The van der Waals surface area contributed by atoms with Crippen molar-refractivity contribution in [3.05, 3.63) is 22.2 Å². The highest BCUT2D eigenvalue weighted by atomic mass is 79.9. The number of aromatic nitrogens is 2. The molecule has 0 aliphatic rings. The van der Waals surface area contributed by atoms with Crippen LogP contribution in [0.3, 0.4) is 0 Å². The van der Waals surface area contributed by atoms with Crippen molar-refractivity contribution in [1.82, 2.24) is 10.2 Å². The van der Waals surface area contributed by atoms with Gasteiger partial charge in [-0.3, -0.25) is 0 Å². The third kappa shape index (κ3) is 3.60. The summed E-state index contributed by atoms with van der Waals surface area (Å²) in [4.78, 5) is 0. The minimum Gasteiger partial charge on any atom is -0.493 e. The summed E-state index contributed by atoms with van der Waals surface area (Å²) < 4.78 is 13.5. The average molecular weight is 393 g/mol. The predicted octanol–water partition coefficient (Wildman–Crippen LogP) is 4.33. The van der Waals surface area contributed by atoms with Crippen LogP contribution in [0.2, 0.25) is 0 Å². The molecule has 0 unspecified atom stereocenters. The fraction of sp³-hybridized carbons (Fsp3) is 0.333. The Hall–Kier alpha value is -0.440. The molecule has 0 aliphatic carbocycles. The van der Waals surface area contributed by atoms with Crippen molar-refractivity contribution in [3.63, 3.8) is 0 Å². The highest BCUT2D eigenvalue weighted by Crippen LogP contribution is 2.40. The third-order valence-electron chi connectivity index (χ3n) is 2.48. The van der Waals surface area contributed by atoms with E-state index < -0.39 is 0 Å². The van der Waals surface area contributed by atoms with Gasteiger partial charge in [0, 0.05) is 5.75 Å². The van der Waals surface area contributed by atoms with E-state index in [2.05, 4.69) is 26.1 Å². The lowest BCUT2D eigenvalue weighted by atomic mass is 10.2. The van der Waals surface area contributed by atoms with Gasteiger partial charge in [0.05, 0.1) is 18.7 Å². The number of hydrogen-bond acceptors (Lipinski definition) is 7. The lowest BCUT2D eigenvalue weighted by Crippen LogP contribution is -1.94. The zero-order chi connectivity index (χ0) is 14.5. The average Bonchev–Trinajstić information content (AvgIpc) is 2.93. The summed E-state index contributed by atoms with van der Waals surface area (Å²) >= 11 is 8.45. The molecule has 1 aromatic carbocycles. The Kier molecular flexibility index (Phi) is 6.01. The Bertz CT molecular complexity index is 592.